The molecule has 4 amide bonds. The van der Waals surface area contributed by atoms with E-state index in [-0.39, 0.29) is 31.2 Å². The van der Waals surface area contributed by atoms with Gasteiger partial charge in [0.2, 0.25) is 17.7 Å². The maximum absolute atomic E-state index is 13.5. The third kappa shape index (κ3) is 9.69. The molecule has 0 aliphatic carbocycles. The number of likely N-dealkylation sites (N-methyl/N-ethyl adjacent to an activating group) is 1. The van der Waals surface area contributed by atoms with Crippen molar-refractivity contribution in [2.45, 2.75) is 63.6 Å². The highest BCUT2D eigenvalue weighted by atomic mass is 16.5. The third-order valence-corrected chi connectivity index (χ3v) is 7.77. The molecule has 1 aliphatic rings. The van der Waals surface area contributed by atoms with Crippen LogP contribution < -0.4 is 20.7 Å². The first-order valence-electron chi connectivity index (χ1n) is 15.3. The second-order valence-corrected chi connectivity index (χ2v) is 11.0. The van der Waals surface area contributed by atoms with Gasteiger partial charge in [0.15, 0.2) is 0 Å². The summed E-state index contributed by atoms with van der Waals surface area (Å²) in [5, 5.41) is 8.74. The van der Waals surface area contributed by atoms with E-state index in [9.17, 15) is 19.2 Å². The monoisotopic (exact) mass is 598 g/mol. The number of carbonyl (C=O) groups is 4. The quantitative estimate of drug-likeness (QED) is 0.410. The summed E-state index contributed by atoms with van der Waals surface area (Å²) in [6, 6.07) is 24.3. The van der Waals surface area contributed by atoms with Crippen molar-refractivity contribution >= 4 is 23.6 Å². The van der Waals surface area contributed by atoms with Crippen molar-refractivity contribution in [2.75, 3.05) is 20.2 Å². The zero-order valence-corrected chi connectivity index (χ0v) is 25.3. The van der Waals surface area contributed by atoms with Crippen LogP contribution in [0.3, 0.4) is 0 Å². The number of amides is 4. The predicted octanol–water partition coefficient (Wildman–Crippen LogP) is 4.02. The summed E-state index contributed by atoms with van der Waals surface area (Å²) in [5.74, 6) is -0.927. The summed E-state index contributed by atoms with van der Waals surface area (Å²) < 4.78 is 5.95. The smallest absolute Gasteiger partial charge is 0.255 e. The van der Waals surface area contributed by atoms with Gasteiger partial charge in [-0.2, -0.15) is 0 Å². The van der Waals surface area contributed by atoms with Crippen molar-refractivity contribution in [1.82, 2.24) is 20.9 Å². The molecular formula is C35H42N4O5. The molecule has 4 rings (SSSR count). The SMILES string of the molecule is CN1C(=O)CC[C@@H](C(=O)NCc2ccccc2)NC(=O)c2ccccc2OCCCCCCNC(=O)[C@@H]1Cc1ccccc1. The zero-order valence-electron chi connectivity index (χ0n) is 25.3. The lowest BCUT2D eigenvalue weighted by molar-refractivity contribution is -0.139. The highest BCUT2D eigenvalue weighted by Crippen LogP contribution is 2.20. The Bertz CT molecular complexity index is 1380. The maximum atomic E-state index is 13.5. The van der Waals surface area contributed by atoms with E-state index >= 15 is 0 Å². The second-order valence-electron chi connectivity index (χ2n) is 11.0. The van der Waals surface area contributed by atoms with E-state index in [1.807, 2.05) is 60.7 Å². The molecule has 44 heavy (non-hydrogen) atoms. The number of hydrogen-bond donors (Lipinski definition) is 3. The van der Waals surface area contributed by atoms with Crippen LogP contribution in [0.25, 0.3) is 0 Å². The maximum Gasteiger partial charge on any atom is 0.255 e. The largest absolute Gasteiger partial charge is 0.493 e. The van der Waals surface area contributed by atoms with Crippen LogP contribution >= 0.6 is 0 Å². The molecule has 0 saturated carbocycles. The fourth-order valence-electron chi connectivity index (χ4n) is 5.15. The van der Waals surface area contributed by atoms with Crippen LogP contribution in [-0.2, 0) is 27.3 Å². The van der Waals surface area contributed by atoms with Gasteiger partial charge < -0.3 is 25.6 Å². The lowest BCUT2D eigenvalue weighted by atomic mass is 10.0. The molecule has 0 unspecified atom stereocenters. The van der Waals surface area contributed by atoms with E-state index in [0.717, 1.165) is 36.8 Å². The lowest BCUT2D eigenvalue weighted by Gasteiger charge is -2.28. The molecule has 0 aromatic heterocycles. The number of nitrogens with zero attached hydrogens (tertiary/aromatic N) is 1. The first-order valence-corrected chi connectivity index (χ1v) is 15.3. The Labute approximate surface area is 259 Å². The highest BCUT2D eigenvalue weighted by molar-refractivity contribution is 5.99. The summed E-state index contributed by atoms with van der Waals surface area (Å²) in [6.45, 7) is 1.23. The Morgan fingerprint density at radius 1 is 0.864 bits per heavy atom. The van der Waals surface area contributed by atoms with E-state index in [0.29, 0.717) is 30.9 Å². The molecule has 232 valence electrons. The van der Waals surface area contributed by atoms with Crippen molar-refractivity contribution in [1.29, 1.82) is 0 Å². The van der Waals surface area contributed by atoms with Gasteiger partial charge in [0.25, 0.3) is 5.91 Å². The second kappa shape index (κ2) is 16.8. The van der Waals surface area contributed by atoms with Gasteiger partial charge in [-0.3, -0.25) is 19.2 Å². The average molecular weight is 599 g/mol. The Kier molecular flexibility index (Phi) is 12.3. The Morgan fingerprint density at radius 3 is 2.27 bits per heavy atom. The van der Waals surface area contributed by atoms with E-state index < -0.39 is 23.9 Å². The van der Waals surface area contributed by atoms with Crippen LogP contribution in [0.4, 0.5) is 0 Å². The molecule has 1 heterocycles. The summed E-state index contributed by atoms with van der Waals surface area (Å²) in [5.41, 5.74) is 2.18. The van der Waals surface area contributed by atoms with E-state index in [4.69, 9.17) is 4.74 Å². The van der Waals surface area contributed by atoms with E-state index in [2.05, 4.69) is 16.0 Å². The van der Waals surface area contributed by atoms with Crippen molar-refractivity contribution in [3.63, 3.8) is 0 Å². The van der Waals surface area contributed by atoms with Gasteiger partial charge in [-0.05, 0) is 42.5 Å². The minimum Gasteiger partial charge on any atom is -0.493 e. The van der Waals surface area contributed by atoms with Crippen LogP contribution in [0.2, 0.25) is 0 Å². The average Bonchev–Trinajstić information content (AvgIpc) is 3.05. The Morgan fingerprint density at radius 2 is 1.52 bits per heavy atom. The van der Waals surface area contributed by atoms with E-state index in [1.165, 1.54) is 4.90 Å². The molecule has 0 spiro atoms. The molecule has 9 heteroatoms. The number of nitrogens with one attached hydrogen (secondary N) is 3. The molecule has 3 N–H and O–H groups in total. The molecule has 0 radical (unpaired) electrons. The molecule has 2 atom stereocenters. The fraction of sp³-hybridized carbons (Fsp3) is 0.371. The molecule has 3 aromatic rings. The molecule has 3 aromatic carbocycles. The van der Waals surface area contributed by atoms with Crippen molar-refractivity contribution in [3.05, 3.63) is 102 Å². The summed E-state index contributed by atoms with van der Waals surface area (Å²) in [7, 11) is 1.62. The van der Waals surface area contributed by atoms with Crippen LogP contribution in [0.5, 0.6) is 5.75 Å². The fourth-order valence-corrected chi connectivity index (χ4v) is 5.15. The van der Waals surface area contributed by atoms with Gasteiger partial charge in [-0.1, -0.05) is 85.6 Å². The summed E-state index contributed by atoms with van der Waals surface area (Å²) in [6.07, 6.45) is 3.78. The summed E-state index contributed by atoms with van der Waals surface area (Å²) in [4.78, 5) is 55.1. The molecule has 9 nitrogen and oxygen atoms in total. The van der Waals surface area contributed by atoms with Crippen molar-refractivity contribution < 1.29 is 23.9 Å². The normalized spacial score (nSPS) is 19.2. The number of rotatable bonds is 5. The Hall–Kier alpha value is -4.66. The van der Waals surface area contributed by atoms with Crippen molar-refractivity contribution in [3.8, 4) is 5.75 Å². The lowest BCUT2D eigenvalue weighted by Crippen LogP contribution is -2.50. The van der Waals surface area contributed by atoms with Crippen molar-refractivity contribution in [2.24, 2.45) is 0 Å². The number of para-hydroxylation sites is 1. The van der Waals surface area contributed by atoms with Gasteiger partial charge >= 0.3 is 0 Å². The van der Waals surface area contributed by atoms with Gasteiger partial charge in [0.1, 0.15) is 17.8 Å². The summed E-state index contributed by atoms with van der Waals surface area (Å²) >= 11 is 0. The molecule has 0 saturated heterocycles. The first kappa shape index (κ1) is 32.3. The predicted molar refractivity (Wildman–Crippen MR) is 169 cm³/mol. The number of benzene rings is 3. The minimum atomic E-state index is -0.986. The number of ether oxygens (including phenoxy) is 1. The number of fused-ring (bicyclic) bond motifs is 1. The minimum absolute atomic E-state index is 0.0447. The van der Waals surface area contributed by atoms with Crippen LogP contribution in [0.15, 0.2) is 84.9 Å². The standard InChI is InChI=1S/C35H42N4O5/c1-39-30(24-26-14-6-4-7-15-26)35(43)36-22-12-2-3-13-23-44-31-19-11-10-18-28(31)33(41)38-29(20-21-32(39)40)34(42)37-25-27-16-8-5-9-17-27/h4-11,14-19,29-30H,2-3,12-13,20-25H2,1H3,(H,36,43)(H,37,42)(H,38,41)/t29-,30-/m0/s1. The van der Waals surface area contributed by atoms with Gasteiger partial charge in [0.05, 0.1) is 12.2 Å². The van der Waals surface area contributed by atoms with Gasteiger partial charge in [-0.25, -0.2) is 0 Å². The Balaban J connectivity index is 1.55. The van der Waals surface area contributed by atoms with Gasteiger partial charge in [0, 0.05) is 33.0 Å². The highest BCUT2D eigenvalue weighted by Gasteiger charge is 2.29. The molecule has 0 bridgehead atoms. The third-order valence-electron chi connectivity index (χ3n) is 7.77. The number of carbonyl (C=O) groups excluding carboxylic acids is 4. The molecule has 0 fully saturated rings. The molecule has 1 aliphatic heterocycles. The topological polar surface area (TPSA) is 117 Å². The van der Waals surface area contributed by atoms with Crippen LogP contribution in [-0.4, -0.2) is 60.8 Å². The molecular weight excluding hydrogens is 556 g/mol. The van der Waals surface area contributed by atoms with Gasteiger partial charge in [-0.15, -0.1) is 0 Å². The van der Waals surface area contributed by atoms with E-state index in [1.54, 1.807) is 31.3 Å². The number of hydrogen-bond acceptors (Lipinski definition) is 5. The van der Waals surface area contributed by atoms with Crippen LogP contribution in [0, 0.1) is 0 Å². The zero-order chi connectivity index (χ0) is 31.1. The first-order chi connectivity index (χ1) is 21.4. The van der Waals surface area contributed by atoms with Crippen LogP contribution in [0.1, 0.15) is 60.0 Å².